The second-order valence-corrected chi connectivity index (χ2v) is 7.45. The van der Waals surface area contributed by atoms with Crippen molar-refractivity contribution in [2.45, 2.75) is 30.7 Å². The highest BCUT2D eigenvalue weighted by molar-refractivity contribution is 5.88. The summed E-state index contributed by atoms with van der Waals surface area (Å²) in [5.41, 5.74) is -1.19. The van der Waals surface area contributed by atoms with Gasteiger partial charge in [0.05, 0.1) is 6.61 Å². The maximum absolute atomic E-state index is 13.2. The molecular weight excluding hydrogens is 444 g/mol. The van der Waals surface area contributed by atoms with Gasteiger partial charge in [-0.15, -0.1) is 0 Å². The molecule has 1 saturated heterocycles. The first kappa shape index (κ1) is 22.6. The van der Waals surface area contributed by atoms with Crippen molar-refractivity contribution in [1.29, 1.82) is 0 Å². The molecule has 0 bridgehead atoms. The molecule has 2 unspecified atom stereocenters. The van der Waals surface area contributed by atoms with Crippen molar-refractivity contribution >= 4 is 11.0 Å². The Morgan fingerprint density at radius 1 is 0.879 bits per heavy atom. The van der Waals surface area contributed by atoms with Crippen LogP contribution in [0.3, 0.4) is 0 Å². The molecule has 0 saturated carbocycles. The molecule has 12 nitrogen and oxygen atoms in total. The molecule has 3 aromatic rings. The van der Waals surface area contributed by atoms with Gasteiger partial charge in [-0.1, -0.05) is 0 Å². The number of phenols is 4. The number of aromatic hydroxyl groups is 4. The Bertz CT molecular complexity index is 1250. The normalized spacial score (nSPS) is 25.3. The summed E-state index contributed by atoms with van der Waals surface area (Å²) < 4.78 is 16.5. The third-order valence-corrected chi connectivity index (χ3v) is 5.24. The van der Waals surface area contributed by atoms with E-state index in [1.807, 2.05) is 0 Å². The van der Waals surface area contributed by atoms with E-state index in [9.17, 15) is 45.6 Å². The summed E-state index contributed by atoms with van der Waals surface area (Å²) in [5.74, 6) is -3.05. The SMILES string of the molecule is O=c1c(O[C@@H]2OC(CO)[C@H](O)C(O)[C@H]2O)c(-c2ccc(O)c(O)c2)oc2cc(O)cc(O)c12. The molecule has 0 amide bonds. The van der Waals surface area contributed by atoms with Crippen LogP contribution in [-0.4, -0.2) is 78.2 Å². The van der Waals surface area contributed by atoms with Crippen LogP contribution in [0, 0.1) is 0 Å². The van der Waals surface area contributed by atoms with Crippen LogP contribution in [0.5, 0.6) is 28.7 Å². The van der Waals surface area contributed by atoms with Crippen LogP contribution in [0.25, 0.3) is 22.3 Å². The predicted octanol–water partition coefficient (Wildman–Crippen LogP) is -0.539. The zero-order valence-electron chi connectivity index (χ0n) is 16.7. The maximum atomic E-state index is 13.2. The van der Waals surface area contributed by atoms with Gasteiger partial charge >= 0.3 is 0 Å². The first-order valence-electron chi connectivity index (χ1n) is 9.64. The lowest BCUT2D eigenvalue weighted by Crippen LogP contribution is -2.60. The standard InChI is InChI=1S/C21H20O12/c22-6-13-15(27)17(29)18(30)21(32-13)33-20-16(28)14-11(26)4-8(23)5-12(14)31-19(20)7-1-2-9(24)10(25)3-7/h1-5,13,15,17-18,21-27,29-30H,6H2/t13?,15-,17?,18+,21-/m0/s1. The van der Waals surface area contributed by atoms with Gasteiger partial charge in [0.15, 0.2) is 17.3 Å². The van der Waals surface area contributed by atoms with E-state index in [1.165, 1.54) is 6.07 Å². The summed E-state index contributed by atoms with van der Waals surface area (Å²) in [7, 11) is 0. The lowest BCUT2D eigenvalue weighted by Gasteiger charge is -2.39. The van der Waals surface area contributed by atoms with E-state index >= 15 is 0 Å². The summed E-state index contributed by atoms with van der Waals surface area (Å²) in [6.07, 6.45) is -8.40. The van der Waals surface area contributed by atoms with Crippen LogP contribution in [0.15, 0.2) is 39.5 Å². The molecule has 0 radical (unpaired) electrons. The molecule has 5 atom stereocenters. The highest BCUT2D eigenvalue weighted by Crippen LogP contribution is 2.39. The van der Waals surface area contributed by atoms with E-state index in [2.05, 4.69) is 0 Å². The van der Waals surface area contributed by atoms with Crippen molar-refractivity contribution in [3.63, 3.8) is 0 Å². The van der Waals surface area contributed by atoms with E-state index in [1.54, 1.807) is 0 Å². The van der Waals surface area contributed by atoms with E-state index in [0.717, 1.165) is 24.3 Å². The summed E-state index contributed by atoms with van der Waals surface area (Å²) in [6.45, 7) is -0.740. The molecule has 12 heteroatoms. The first-order valence-corrected chi connectivity index (χ1v) is 9.64. The number of ether oxygens (including phenoxy) is 2. The molecule has 1 aliphatic rings. The maximum Gasteiger partial charge on any atom is 0.239 e. The monoisotopic (exact) mass is 464 g/mol. The largest absolute Gasteiger partial charge is 0.508 e. The van der Waals surface area contributed by atoms with Gasteiger partial charge in [0.1, 0.15) is 46.9 Å². The van der Waals surface area contributed by atoms with Gasteiger partial charge in [-0.05, 0) is 18.2 Å². The van der Waals surface area contributed by atoms with Crippen LogP contribution in [0.1, 0.15) is 0 Å². The van der Waals surface area contributed by atoms with Crippen molar-refractivity contribution < 1.29 is 54.7 Å². The predicted molar refractivity (Wildman–Crippen MR) is 109 cm³/mol. The molecular formula is C21H20O12. The molecule has 1 fully saturated rings. The number of benzene rings is 2. The Labute approximate surface area is 184 Å². The Morgan fingerprint density at radius 2 is 1.61 bits per heavy atom. The van der Waals surface area contributed by atoms with Crippen molar-refractivity contribution in [3.8, 4) is 40.1 Å². The number of phenolic OH excluding ortho intramolecular Hbond substituents is 4. The number of aliphatic hydroxyl groups excluding tert-OH is 4. The number of fused-ring (bicyclic) bond motifs is 1. The number of rotatable bonds is 4. The van der Waals surface area contributed by atoms with E-state index in [-0.39, 0.29) is 22.3 Å². The average molecular weight is 464 g/mol. The lowest BCUT2D eigenvalue weighted by molar-refractivity contribution is -0.277. The fourth-order valence-electron chi connectivity index (χ4n) is 3.51. The smallest absolute Gasteiger partial charge is 0.239 e. The van der Waals surface area contributed by atoms with E-state index in [0.29, 0.717) is 0 Å². The van der Waals surface area contributed by atoms with Gasteiger partial charge < -0.3 is 54.7 Å². The number of hydrogen-bond acceptors (Lipinski definition) is 12. The Hall–Kier alpha value is -3.55. The van der Waals surface area contributed by atoms with Crippen molar-refractivity contribution in [2.75, 3.05) is 6.61 Å². The minimum Gasteiger partial charge on any atom is -0.508 e. The second kappa shape index (κ2) is 8.42. The van der Waals surface area contributed by atoms with Crippen LogP contribution in [-0.2, 0) is 4.74 Å². The summed E-state index contributed by atoms with van der Waals surface area (Å²) >= 11 is 0. The summed E-state index contributed by atoms with van der Waals surface area (Å²) in [6, 6.07) is 5.36. The van der Waals surface area contributed by atoms with Gasteiger partial charge in [0.25, 0.3) is 0 Å². The molecule has 2 aromatic carbocycles. The molecule has 176 valence electrons. The van der Waals surface area contributed by atoms with Gasteiger partial charge in [0.2, 0.25) is 17.5 Å². The third-order valence-electron chi connectivity index (χ3n) is 5.24. The molecule has 1 aromatic heterocycles. The average Bonchev–Trinajstić information content (AvgIpc) is 2.76. The van der Waals surface area contributed by atoms with E-state index in [4.69, 9.17) is 13.9 Å². The zero-order valence-corrected chi connectivity index (χ0v) is 16.7. The third kappa shape index (κ3) is 3.90. The van der Waals surface area contributed by atoms with Crippen LogP contribution >= 0.6 is 0 Å². The minimum absolute atomic E-state index is 0.0201. The topological polar surface area (TPSA) is 211 Å². The summed E-state index contributed by atoms with van der Waals surface area (Å²) in [5, 5.41) is 78.7. The molecule has 0 aliphatic carbocycles. The highest BCUT2D eigenvalue weighted by atomic mass is 16.7. The molecule has 4 rings (SSSR count). The van der Waals surface area contributed by atoms with Gasteiger partial charge in [-0.2, -0.15) is 0 Å². The summed E-state index contributed by atoms with van der Waals surface area (Å²) in [4.78, 5) is 13.2. The Morgan fingerprint density at radius 3 is 2.27 bits per heavy atom. The van der Waals surface area contributed by atoms with Gasteiger partial charge in [0, 0.05) is 17.7 Å². The fraction of sp³-hybridized carbons (Fsp3) is 0.286. The fourth-order valence-corrected chi connectivity index (χ4v) is 3.51. The lowest BCUT2D eigenvalue weighted by atomic mass is 9.99. The quantitative estimate of drug-likeness (QED) is 0.229. The molecule has 2 heterocycles. The van der Waals surface area contributed by atoms with Crippen LogP contribution in [0.2, 0.25) is 0 Å². The number of hydrogen-bond donors (Lipinski definition) is 8. The zero-order chi connectivity index (χ0) is 24.0. The van der Waals surface area contributed by atoms with Crippen LogP contribution < -0.4 is 10.2 Å². The molecule has 1 aliphatic heterocycles. The second-order valence-electron chi connectivity index (χ2n) is 7.45. The van der Waals surface area contributed by atoms with Gasteiger partial charge in [-0.3, -0.25) is 4.79 Å². The molecule has 33 heavy (non-hydrogen) atoms. The first-order chi connectivity index (χ1) is 15.6. The van der Waals surface area contributed by atoms with Crippen molar-refractivity contribution in [1.82, 2.24) is 0 Å². The number of aliphatic hydroxyl groups is 4. The minimum atomic E-state index is -1.85. The van der Waals surface area contributed by atoms with Crippen LogP contribution in [0.4, 0.5) is 0 Å². The Balaban J connectivity index is 1.91. The van der Waals surface area contributed by atoms with Gasteiger partial charge in [-0.25, -0.2) is 0 Å². The Kier molecular flexibility index (Phi) is 5.78. The molecule has 0 spiro atoms. The highest BCUT2D eigenvalue weighted by Gasteiger charge is 2.45. The van der Waals surface area contributed by atoms with Crippen molar-refractivity contribution in [2.24, 2.45) is 0 Å². The van der Waals surface area contributed by atoms with E-state index < -0.39 is 71.5 Å². The molecule has 8 N–H and O–H groups in total. The van der Waals surface area contributed by atoms with Crippen molar-refractivity contribution in [3.05, 3.63) is 40.6 Å².